The topological polar surface area (TPSA) is 0 Å². The predicted molar refractivity (Wildman–Crippen MR) is 73.7 cm³/mol. The Morgan fingerprint density at radius 3 is 2.25 bits per heavy atom. The molecule has 0 heteroatoms. The van der Waals surface area contributed by atoms with Gasteiger partial charge in [-0.1, -0.05) is 84.5 Å². The summed E-state index contributed by atoms with van der Waals surface area (Å²) in [5.41, 5.74) is 0. The smallest absolute Gasteiger partial charge is 0.0412 e. The molecule has 0 bridgehead atoms. The molecule has 1 saturated carbocycles. The SMILES string of the molecule is CCCCCC(CCC)CC1CCCCC1. The first-order valence-corrected chi connectivity index (χ1v) is 7.86. The van der Waals surface area contributed by atoms with Crippen LogP contribution in [-0.2, 0) is 0 Å². The van der Waals surface area contributed by atoms with E-state index in [9.17, 15) is 0 Å². The Bertz CT molecular complexity index is 144. The van der Waals surface area contributed by atoms with Gasteiger partial charge < -0.3 is 0 Å². The van der Waals surface area contributed by atoms with Gasteiger partial charge in [0.1, 0.15) is 0 Å². The van der Waals surface area contributed by atoms with Crippen molar-refractivity contribution in [1.29, 1.82) is 0 Å². The average molecular weight is 224 g/mol. The molecule has 1 fully saturated rings. The Morgan fingerprint density at radius 1 is 0.875 bits per heavy atom. The Balaban J connectivity index is 2.19. The standard InChI is InChI=1S/C16H32/c1-3-5-7-11-15(10-4-2)14-16-12-8-6-9-13-16/h15-16H,3-14H2,1-2H3. The summed E-state index contributed by atoms with van der Waals surface area (Å²) in [7, 11) is 0. The first-order chi connectivity index (χ1) is 7.86. The van der Waals surface area contributed by atoms with E-state index in [-0.39, 0.29) is 0 Å². The second-order valence-electron chi connectivity index (χ2n) is 5.89. The van der Waals surface area contributed by atoms with Crippen LogP contribution in [0.25, 0.3) is 0 Å². The van der Waals surface area contributed by atoms with Crippen molar-refractivity contribution in [2.45, 2.75) is 90.9 Å². The molecular formula is C16H32. The van der Waals surface area contributed by atoms with Gasteiger partial charge >= 0.3 is 0 Å². The maximum atomic E-state index is 2.35. The van der Waals surface area contributed by atoms with Crippen LogP contribution < -0.4 is 0 Å². The number of hydrogen-bond donors (Lipinski definition) is 0. The highest BCUT2D eigenvalue weighted by molar-refractivity contribution is 4.70. The zero-order valence-corrected chi connectivity index (χ0v) is 11.6. The van der Waals surface area contributed by atoms with E-state index < -0.39 is 0 Å². The summed E-state index contributed by atoms with van der Waals surface area (Å²) in [5, 5.41) is 0. The molecule has 0 aromatic carbocycles. The van der Waals surface area contributed by atoms with Crippen LogP contribution in [0, 0.1) is 11.8 Å². The van der Waals surface area contributed by atoms with E-state index in [2.05, 4.69) is 13.8 Å². The van der Waals surface area contributed by atoms with Crippen molar-refractivity contribution in [3.05, 3.63) is 0 Å². The van der Waals surface area contributed by atoms with Gasteiger partial charge in [0.05, 0.1) is 0 Å². The Kier molecular flexibility index (Phi) is 7.98. The fourth-order valence-corrected chi connectivity index (χ4v) is 3.37. The summed E-state index contributed by atoms with van der Waals surface area (Å²) >= 11 is 0. The van der Waals surface area contributed by atoms with Crippen molar-refractivity contribution in [1.82, 2.24) is 0 Å². The third-order valence-electron chi connectivity index (χ3n) is 4.30. The minimum Gasteiger partial charge on any atom is -0.0654 e. The second kappa shape index (κ2) is 9.07. The molecule has 0 saturated heterocycles. The Morgan fingerprint density at radius 2 is 1.62 bits per heavy atom. The fourth-order valence-electron chi connectivity index (χ4n) is 3.37. The summed E-state index contributed by atoms with van der Waals surface area (Å²) in [6.07, 6.45) is 17.9. The molecular weight excluding hydrogens is 192 g/mol. The van der Waals surface area contributed by atoms with E-state index in [1.165, 1.54) is 70.6 Å². The minimum atomic E-state index is 1.06. The summed E-state index contributed by atoms with van der Waals surface area (Å²) in [4.78, 5) is 0. The molecule has 0 radical (unpaired) electrons. The van der Waals surface area contributed by atoms with Crippen molar-refractivity contribution in [2.24, 2.45) is 11.8 Å². The zero-order valence-electron chi connectivity index (χ0n) is 11.6. The highest BCUT2D eigenvalue weighted by Gasteiger charge is 2.18. The lowest BCUT2D eigenvalue weighted by molar-refractivity contribution is 0.265. The molecule has 1 atom stereocenters. The van der Waals surface area contributed by atoms with Crippen LogP contribution in [0.3, 0.4) is 0 Å². The van der Waals surface area contributed by atoms with Crippen LogP contribution in [0.1, 0.15) is 90.9 Å². The second-order valence-corrected chi connectivity index (χ2v) is 5.89. The molecule has 0 heterocycles. The highest BCUT2D eigenvalue weighted by Crippen LogP contribution is 2.32. The van der Waals surface area contributed by atoms with Crippen LogP contribution >= 0.6 is 0 Å². The summed E-state index contributed by atoms with van der Waals surface area (Å²) in [6.45, 7) is 4.67. The van der Waals surface area contributed by atoms with Crippen LogP contribution in [-0.4, -0.2) is 0 Å². The van der Waals surface area contributed by atoms with E-state index in [4.69, 9.17) is 0 Å². The fraction of sp³-hybridized carbons (Fsp3) is 1.00. The maximum absolute atomic E-state index is 2.35. The molecule has 1 aliphatic carbocycles. The van der Waals surface area contributed by atoms with Gasteiger partial charge in [0.25, 0.3) is 0 Å². The Hall–Kier alpha value is 0. The lowest BCUT2D eigenvalue weighted by Gasteiger charge is -2.26. The molecule has 0 nitrogen and oxygen atoms in total. The van der Waals surface area contributed by atoms with Gasteiger partial charge in [0.2, 0.25) is 0 Å². The number of unbranched alkanes of at least 4 members (excludes halogenated alkanes) is 2. The molecule has 16 heavy (non-hydrogen) atoms. The molecule has 1 rings (SSSR count). The molecule has 1 aliphatic rings. The van der Waals surface area contributed by atoms with E-state index >= 15 is 0 Å². The monoisotopic (exact) mass is 224 g/mol. The highest BCUT2D eigenvalue weighted by atomic mass is 14.2. The third-order valence-corrected chi connectivity index (χ3v) is 4.30. The summed E-state index contributed by atoms with van der Waals surface area (Å²) in [6, 6.07) is 0. The van der Waals surface area contributed by atoms with Crippen LogP contribution in [0.2, 0.25) is 0 Å². The van der Waals surface area contributed by atoms with Crippen molar-refractivity contribution < 1.29 is 0 Å². The zero-order chi connectivity index (χ0) is 11.6. The van der Waals surface area contributed by atoms with Gasteiger partial charge in [-0.2, -0.15) is 0 Å². The lowest BCUT2D eigenvalue weighted by Crippen LogP contribution is -2.12. The molecule has 0 aliphatic heterocycles. The molecule has 0 aromatic heterocycles. The molecule has 96 valence electrons. The van der Waals surface area contributed by atoms with Crippen LogP contribution in [0.4, 0.5) is 0 Å². The molecule has 0 aromatic rings. The number of rotatable bonds is 8. The average Bonchev–Trinajstić information content (AvgIpc) is 2.31. The molecule has 1 unspecified atom stereocenters. The molecule has 0 N–H and O–H groups in total. The summed E-state index contributed by atoms with van der Waals surface area (Å²) < 4.78 is 0. The van der Waals surface area contributed by atoms with Gasteiger partial charge in [0, 0.05) is 0 Å². The van der Waals surface area contributed by atoms with Crippen LogP contribution in [0.15, 0.2) is 0 Å². The minimum absolute atomic E-state index is 1.06. The first kappa shape index (κ1) is 14.1. The quantitative estimate of drug-likeness (QED) is 0.447. The van der Waals surface area contributed by atoms with Crippen molar-refractivity contribution in [3.63, 3.8) is 0 Å². The van der Waals surface area contributed by atoms with E-state index in [1.54, 1.807) is 6.42 Å². The van der Waals surface area contributed by atoms with E-state index in [0.717, 1.165) is 11.8 Å². The predicted octanol–water partition coefficient (Wildman–Crippen LogP) is 5.95. The van der Waals surface area contributed by atoms with E-state index in [0.29, 0.717) is 0 Å². The normalized spacial score (nSPS) is 19.9. The van der Waals surface area contributed by atoms with Gasteiger partial charge in [-0.05, 0) is 18.3 Å². The van der Waals surface area contributed by atoms with Crippen molar-refractivity contribution in [3.8, 4) is 0 Å². The van der Waals surface area contributed by atoms with Crippen LogP contribution in [0.5, 0.6) is 0 Å². The lowest BCUT2D eigenvalue weighted by atomic mass is 9.80. The molecule has 0 amide bonds. The third kappa shape index (κ3) is 5.92. The van der Waals surface area contributed by atoms with Gasteiger partial charge in [-0.25, -0.2) is 0 Å². The largest absolute Gasteiger partial charge is 0.0654 e. The Labute approximate surface area is 103 Å². The number of hydrogen-bond acceptors (Lipinski definition) is 0. The van der Waals surface area contributed by atoms with Crippen molar-refractivity contribution in [2.75, 3.05) is 0 Å². The maximum Gasteiger partial charge on any atom is -0.0412 e. The first-order valence-electron chi connectivity index (χ1n) is 7.86. The summed E-state index contributed by atoms with van der Waals surface area (Å²) in [5.74, 6) is 2.14. The molecule has 0 spiro atoms. The van der Waals surface area contributed by atoms with Crippen molar-refractivity contribution >= 4 is 0 Å². The van der Waals surface area contributed by atoms with Gasteiger partial charge in [0.15, 0.2) is 0 Å². The van der Waals surface area contributed by atoms with Gasteiger partial charge in [-0.15, -0.1) is 0 Å². The van der Waals surface area contributed by atoms with Gasteiger partial charge in [-0.3, -0.25) is 0 Å². The van der Waals surface area contributed by atoms with E-state index in [1.807, 2.05) is 0 Å².